The predicted octanol–water partition coefficient (Wildman–Crippen LogP) is 2.23. The number of primary amides is 1. The van der Waals surface area contributed by atoms with Gasteiger partial charge in [0, 0.05) is 43.4 Å². The van der Waals surface area contributed by atoms with E-state index in [9.17, 15) is 39.2 Å². The van der Waals surface area contributed by atoms with Crippen LogP contribution in [0.4, 0.5) is 10.1 Å². The van der Waals surface area contributed by atoms with Crippen LogP contribution in [0.5, 0.6) is 5.75 Å². The lowest BCUT2D eigenvalue weighted by Crippen LogP contribution is -2.65. The SMILES string of the molecule is CN(CCCc1cc(N(C)C)c2c(c1O)C(O)=C1C(=O)[C@]3(O)C(O)=C(C(N)=O)C(=O)[C@@H](N(C)C)C3CC1C2)Cc1ccccc1F. The van der Waals surface area contributed by atoms with Crippen molar-refractivity contribution in [1.29, 1.82) is 0 Å². The first-order valence-corrected chi connectivity index (χ1v) is 15.2. The molecule has 0 saturated heterocycles. The maximum Gasteiger partial charge on any atom is 0.255 e. The molecule has 1 saturated carbocycles. The number of likely N-dealkylation sites (N-methyl/N-ethyl adjacent to an activating group) is 1. The number of carbonyl (C=O) groups excluding carboxylic acids is 3. The molecule has 6 N–H and O–H groups in total. The molecule has 1 fully saturated rings. The van der Waals surface area contributed by atoms with Crippen LogP contribution in [0.3, 0.4) is 0 Å². The monoisotopic (exact) mass is 636 g/mol. The molecule has 246 valence electrons. The zero-order valence-electron chi connectivity index (χ0n) is 26.7. The van der Waals surface area contributed by atoms with Crippen molar-refractivity contribution in [3.63, 3.8) is 0 Å². The standard InChI is InChI=1S/C34H41FN4O7/c1-37(2)23-15-17(10-8-12-39(5)16-18-9-6-7-11-22(18)35)28(40)25-20(23)13-19-14-21-27(38(3)4)30(42)26(33(36)45)32(44)34(21,46)31(43)24(19)29(25)41/h6-7,9,11,15,19,21,27,40-41,44,46H,8,10,12-14,16H2,1-5H3,(H2,36,45)/t19?,21?,27-,34-/m0/s1. The van der Waals surface area contributed by atoms with Gasteiger partial charge >= 0.3 is 0 Å². The second-order valence-electron chi connectivity index (χ2n) is 13.0. The molecule has 2 aromatic rings. The molecule has 0 heterocycles. The molecule has 3 aliphatic rings. The number of carbonyl (C=O) groups is 3. The number of hydrogen-bond donors (Lipinski definition) is 5. The largest absolute Gasteiger partial charge is 0.508 e. The van der Waals surface area contributed by atoms with Crippen LogP contribution in [-0.4, -0.2) is 101 Å². The van der Waals surface area contributed by atoms with Gasteiger partial charge in [-0.05, 0) is 82.5 Å². The number of nitrogens with zero attached hydrogens (tertiary/aromatic N) is 3. The predicted molar refractivity (Wildman–Crippen MR) is 170 cm³/mol. The highest BCUT2D eigenvalue weighted by Gasteiger charge is 2.64. The molecule has 5 rings (SSSR count). The fraction of sp³-hybridized carbons (Fsp3) is 0.441. The normalized spacial score (nSPS) is 24.3. The van der Waals surface area contributed by atoms with Gasteiger partial charge in [-0.3, -0.25) is 19.3 Å². The summed E-state index contributed by atoms with van der Waals surface area (Å²) in [6, 6.07) is 7.28. The number of ketones is 2. The maximum absolute atomic E-state index is 14.2. The molecule has 0 radical (unpaired) electrons. The van der Waals surface area contributed by atoms with E-state index in [1.165, 1.54) is 11.0 Å². The number of nitrogens with two attached hydrogens (primary N) is 1. The molecule has 46 heavy (non-hydrogen) atoms. The number of anilines is 1. The Labute approximate surface area is 267 Å². The van der Waals surface area contributed by atoms with E-state index in [4.69, 9.17) is 5.73 Å². The van der Waals surface area contributed by atoms with Gasteiger partial charge in [0.25, 0.3) is 5.91 Å². The van der Waals surface area contributed by atoms with Gasteiger partial charge in [0.15, 0.2) is 11.4 Å². The lowest BCUT2D eigenvalue weighted by atomic mass is 9.57. The number of phenols is 1. The molecular formula is C34H41FN4O7. The Morgan fingerprint density at radius 3 is 2.35 bits per heavy atom. The molecule has 11 nitrogen and oxygen atoms in total. The van der Waals surface area contributed by atoms with E-state index in [0.717, 1.165) is 5.69 Å². The van der Waals surface area contributed by atoms with Crippen LogP contribution in [0, 0.1) is 17.7 Å². The van der Waals surface area contributed by atoms with Crippen molar-refractivity contribution < 1.29 is 39.2 Å². The number of rotatable bonds is 9. The minimum atomic E-state index is -2.69. The van der Waals surface area contributed by atoms with Crippen LogP contribution in [-0.2, 0) is 33.8 Å². The minimum absolute atomic E-state index is 0.0233. The van der Waals surface area contributed by atoms with E-state index >= 15 is 0 Å². The van der Waals surface area contributed by atoms with E-state index < -0.39 is 58.0 Å². The average Bonchev–Trinajstić information content (AvgIpc) is 2.96. The second kappa shape index (κ2) is 12.2. The number of halogens is 1. The summed E-state index contributed by atoms with van der Waals surface area (Å²) in [5.41, 5.74) is 4.19. The number of amides is 1. The summed E-state index contributed by atoms with van der Waals surface area (Å²) in [4.78, 5) is 45.0. The number of hydrogen-bond acceptors (Lipinski definition) is 10. The van der Waals surface area contributed by atoms with Crippen LogP contribution in [0.25, 0.3) is 5.76 Å². The Balaban J connectivity index is 1.53. The van der Waals surface area contributed by atoms with E-state index in [-0.39, 0.29) is 35.5 Å². The number of aliphatic hydroxyl groups excluding tert-OH is 2. The fourth-order valence-corrected chi connectivity index (χ4v) is 7.47. The summed E-state index contributed by atoms with van der Waals surface area (Å²) in [7, 11) is 8.66. The van der Waals surface area contributed by atoms with E-state index in [1.54, 1.807) is 32.3 Å². The average molecular weight is 637 g/mol. The van der Waals surface area contributed by atoms with E-state index in [0.29, 0.717) is 42.6 Å². The molecule has 0 spiro atoms. The first-order valence-electron chi connectivity index (χ1n) is 15.2. The topological polar surface area (TPSA) is 168 Å². The molecule has 4 atom stereocenters. The summed E-state index contributed by atoms with van der Waals surface area (Å²) in [6.45, 7) is 0.995. The third kappa shape index (κ3) is 5.23. The Bertz CT molecular complexity index is 1680. The highest BCUT2D eigenvalue weighted by molar-refractivity contribution is 6.24. The number of phenolic OH excluding ortho intramolecular Hbond substituents is 1. The van der Waals surface area contributed by atoms with Crippen LogP contribution in [0.15, 0.2) is 47.2 Å². The van der Waals surface area contributed by atoms with Crippen LogP contribution >= 0.6 is 0 Å². The molecule has 12 heteroatoms. The third-order valence-corrected chi connectivity index (χ3v) is 9.64. The summed E-state index contributed by atoms with van der Waals surface area (Å²) in [5.74, 6) is -7.02. The van der Waals surface area contributed by atoms with Crippen molar-refractivity contribution in [2.24, 2.45) is 17.6 Å². The van der Waals surface area contributed by atoms with Crippen molar-refractivity contribution in [2.75, 3.05) is 46.7 Å². The number of fused-ring (bicyclic) bond motifs is 3. The Morgan fingerprint density at radius 1 is 1.07 bits per heavy atom. The molecule has 1 amide bonds. The number of aliphatic hydroxyl groups is 3. The summed E-state index contributed by atoms with van der Waals surface area (Å²) >= 11 is 0. The molecule has 2 unspecified atom stereocenters. The Hall–Kier alpha value is -4.26. The third-order valence-electron chi connectivity index (χ3n) is 9.64. The van der Waals surface area contributed by atoms with Gasteiger partial charge in [-0.1, -0.05) is 18.2 Å². The molecule has 0 bridgehead atoms. The Morgan fingerprint density at radius 2 is 1.74 bits per heavy atom. The number of aromatic hydroxyl groups is 1. The smallest absolute Gasteiger partial charge is 0.255 e. The highest BCUT2D eigenvalue weighted by Crippen LogP contribution is 2.54. The van der Waals surface area contributed by atoms with Gasteiger partial charge in [0.05, 0.1) is 11.6 Å². The minimum Gasteiger partial charge on any atom is -0.508 e. The molecule has 2 aromatic carbocycles. The lowest BCUT2D eigenvalue weighted by molar-refractivity contribution is -0.153. The number of benzene rings is 2. The van der Waals surface area contributed by atoms with Crippen molar-refractivity contribution in [1.82, 2.24) is 9.80 Å². The summed E-state index contributed by atoms with van der Waals surface area (Å²) in [6.07, 6.45) is 1.24. The second-order valence-corrected chi connectivity index (χ2v) is 13.0. The molecular weight excluding hydrogens is 595 g/mol. The van der Waals surface area contributed by atoms with Gasteiger partial charge in [-0.25, -0.2) is 4.39 Å². The van der Waals surface area contributed by atoms with Crippen LogP contribution in [0.2, 0.25) is 0 Å². The van der Waals surface area contributed by atoms with Crippen molar-refractivity contribution in [3.8, 4) is 5.75 Å². The van der Waals surface area contributed by atoms with Gasteiger partial charge in [-0.15, -0.1) is 0 Å². The first kappa shape index (κ1) is 33.1. The molecule has 0 aliphatic heterocycles. The van der Waals surface area contributed by atoms with Gasteiger partial charge in [0.1, 0.15) is 28.7 Å². The highest BCUT2D eigenvalue weighted by atomic mass is 19.1. The van der Waals surface area contributed by atoms with E-state index in [1.807, 2.05) is 37.0 Å². The van der Waals surface area contributed by atoms with Crippen molar-refractivity contribution in [3.05, 3.63) is 75.3 Å². The molecule has 0 aromatic heterocycles. The number of Topliss-reactive ketones (excluding diaryl/α,β-unsaturated/α-hetero) is 2. The zero-order valence-corrected chi connectivity index (χ0v) is 26.7. The first-order chi connectivity index (χ1) is 21.6. The van der Waals surface area contributed by atoms with Crippen molar-refractivity contribution >= 4 is 28.9 Å². The van der Waals surface area contributed by atoms with Gasteiger partial charge < -0.3 is 36.0 Å². The fourth-order valence-electron chi connectivity index (χ4n) is 7.47. The van der Waals surface area contributed by atoms with Crippen molar-refractivity contribution in [2.45, 2.75) is 43.9 Å². The Kier molecular flexibility index (Phi) is 8.75. The molecule has 3 aliphatic carbocycles. The quantitative estimate of drug-likeness (QED) is 0.258. The zero-order chi connectivity index (χ0) is 33.8. The van der Waals surface area contributed by atoms with Gasteiger partial charge in [0.2, 0.25) is 5.78 Å². The lowest BCUT2D eigenvalue weighted by Gasteiger charge is -2.50. The van der Waals surface area contributed by atoms with Crippen LogP contribution in [0.1, 0.15) is 35.1 Å². The van der Waals surface area contributed by atoms with E-state index in [2.05, 4.69) is 0 Å². The number of aryl methyl sites for hydroxylation is 1. The van der Waals surface area contributed by atoms with Crippen LogP contribution < -0.4 is 10.6 Å². The van der Waals surface area contributed by atoms with Gasteiger partial charge in [-0.2, -0.15) is 0 Å². The summed E-state index contributed by atoms with van der Waals surface area (Å²) in [5, 5.41) is 46.1. The summed E-state index contributed by atoms with van der Waals surface area (Å²) < 4.78 is 14.1. The maximum atomic E-state index is 14.2.